The summed E-state index contributed by atoms with van der Waals surface area (Å²) in [7, 11) is 1.70. The van der Waals surface area contributed by atoms with Crippen LogP contribution in [0.3, 0.4) is 0 Å². The number of rotatable bonds is 4. The van der Waals surface area contributed by atoms with Crippen LogP contribution in [0.25, 0.3) is 0 Å². The number of carbonyl (C=O) groups is 1. The predicted octanol–water partition coefficient (Wildman–Crippen LogP) is 1.05. The van der Waals surface area contributed by atoms with Crippen molar-refractivity contribution in [2.24, 2.45) is 7.05 Å². The van der Waals surface area contributed by atoms with Gasteiger partial charge >= 0.3 is 0 Å². The second kappa shape index (κ2) is 7.86. The molecule has 7 heteroatoms. The first-order chi connectivity index (χ1) is 12.5. The third-order valence-corrected chi connectivity index (χ3v) is 5.08. The van der Waals surface area contributed by atoms with Crippen LogP contribution in [0.2, 0.25) is 0 Å². The van der Waals surface area contributed by atoms with Gasteiger partial charge in [-0.05, 0) is 45.0 Å². The lowest BCUT2D eigenvalue weighted by Gasteiger charge is -2.22. The van der Waals surface area contributed by atoms with Crippen LogP contribution in [0.1, 0.15) is 28.2 Å². The lowest BCUT2D eigenvalue weighted by atomic mass is 10.2. The quantitative estimate of drug-likeness (QED) is 0.820. The number of amides is 1. The lowest BCUT2D eigenvalue weighted by Crippen LogP contribution is -2.39. The van der Waals surface area contributed by atoms with Gasteiger partial charge in [-0.15, -0.1) is 0 Å². The van der Waals surface area contributed by atoms with E-state index in [4.69, 9.17) is 0 Å². The number of pyridine rings is 1. The molecule has 7 nitrogen and oxygen atoms in total. The molecule has 0 unspecified atom stereocenters. The molecule has 0 radical (unpaired) electrons. The molecule has 0 saturated carbocycles. The SMILES string of the molecule is Cc1ccn(CCN2CCCN(C(=O)c3ccc(C)n(C)c3=O)CC2)n1. The summed E-state index contributed by atoms with van der Waals surface area (Å²) in [4.78, 5) is 29.4. The van der Waals surface area contributed by atoms with E-state index >= 15 is 0 Å². The fourth-order valence-corrected chi connectivity index (χ4v) is 3.29. The molecule has 1 aliphatic heterocycles. The van der Waals surface area contributed by atoms with E-state index in [1.54, 1.807) is 13.1 Å². The fraction of sp³-hybridized carbons (Fsp3) is 0.526. The Bertz CT molecular complexity index is 839. The van der Waals surface area contributed by atoms with Gasteiger partial charge in [0.2, 0.25) is 0 Å². The molecule has 1 aliphatic rings. The highest BCUT2D eigenvalue weighted by Crippen LogP contribution is 2.08. The molecule has 1 fully saturated rings. The number of aromatic nitrogens is 3. The van der Waals surface area contributed by atoms with E-state index in [1.807, 2.05) is 41.8 Å². The zero-order chi connectivity index (χ0) is 18.7. The molecule has 0 spiro atoms. The largest absolute Gasteiger partial charge is 0.337 e. The first-order valence-electron chi connectivity index (χ1n) is 9.14. The van der Waals surface area contributed by atoms with Crippen LogP contribution in [0, 0.1) is 13.8 Å². The molecule has 0 N–H and O–H groups in total. The highest BCUT2D eigenvalue weighted by Gasteiger charge is 2.22. The van der Waals surface area contributed by atoms with E-state index in [1.165, 1.54) is 4.57 Å². The van der Waals surface area contributed by atoms with Crippen LogP contribution in [-0.2, 0) is 13.6 Å². The van der Waals surface area contributed by atoms with Crippen LogP contribution >= 0.6 is 0 Å². The van der Waals surface area contributed by atoms with Gasteiger partial charge in [-0.25, -0.2) is 0 Å². The Labute approximate surface area is 153 Å². The summed E-state index contributed by atoms with van der Waals surface area (Å²) < 4.78 is 3.49. The molecule has 0 atom stereocenters. The molecule has 1 saturated heterocycles. The van der Waals surface area contributed by atoms with Gasteiger partial charge in [0.05, 0.1) is 12.2 Å². The Morgan fingerprint density at radius 3 is 2.62 bits per heavy atom. The fourth-order valence-electron chi connectivity index (χ4n) is 3.29. The highest BCUT2D eigenvalue weighted by molar-refractivity contribution is 5.93. The topological polar surface area (TPSA) is 63.4 Å². The number of hydrogen-bond acceptors (Lipinski definition) is 4. The van der Waals surface area contributed by atoms with Crippen molar-refractivity contribution < 1.29 is 4.79 Å². The monoisotopic (exact) mass is 357 g/mol. The molecule has 3 heterocycles. The van der Waals surface area contributed by atoms with Gasteiger partial charge in [0, 0.05) is 45.1 Å². The molecule has 0 aromatic carbocycles. The summed E-state index contributed by atoms with van der Waals surface area (Å²) in [5.41, 5.74) is 1.92. The number of nitrogens with zero attached hydrogens (tertiary/aromatic N) is 5. The Balaban J connectivity index is 1.60. The maximum absolute atomic E-state index is 12.8. The van der Waals surface area contributed by atoms with Gasteiger partial charge in [0.1, 0.15) is 5.56 Å². The third-order valence-electron chi connectivity index (χ3n) is 5.08. The second-order valence-corrected chi connectivity index (χ2v) is 6.96. The number of carbonyl (C=O) groups excluding carboxylic acids is 1. The van der Waals surface area contributed by atoms with Crippen molar-refractivity contribution in [1.82, 2.24) is 24.1 Å². The maximum atomic E-state index is 12.8. The van der Waals surface area contributed by atoms with Gasteiger partial charge in [-0.2, -0.15) is 5.10 Å². The number of hydrogen-bond donors (Lipinski definition) is 0. The predicted molar refractivity (Wildman–Crippen MR) is 100 cm³/mol. The summed E-state index contributed by atoms with van der Waals surface area (Å²) in [6.45, 7) is 8.72. The molecular weight excluding hydrogens is 330 g/mol. The average Bonchev–Trinajstić information content (AvgIpc) is 2.90. The minimum atomic E-state index is -0.217. The van der Waals surface area contributed by atoms with Crippen molar-refractivity contribution in [2.75, 3.05) is 32.7 Å². The Kier molecular flexibility index (Phi) is 5.56. The molecule has 0 aliphatic carbocycles. The van der Waals surface area contributed by atoms with E-state index in [-0.39, 0.29) is 17.0 Å². The van der Waals surface area contributed by atoms with E-state index in [9.17, 15) is 9.59 Å². The van der Waals surface area contributed by atoms with E-state index in [2.05, 4.69) is 10.00 Å². The summed E-state index contributed by atoms with van der Waals surface area (Å²) in [6.07, 6.45) is 2.91. The molecular formula is C19H27N5O2. The smallest absolute Gasteiger partial charge is 0.263 e. The van der Waals surface area contributed by atoms with Crippen LogP contribution in [0.4, 0.5) is 0 Å². The minimum absolute atomic E-state index is 0.157. The molecule has 0 bridgehead atoms. The standard InChI is InChI=1S/C19H27N5O2/c1-15-7-10-24(20-15)14-12-22-8-4-9-23(13-11-22)19(26)17-6-5-16(2)21(3)18(17)25/h5-7,10H,4,8-9,11-14H2,1-3H3. The van der Waals surface area contributed by atoms with Crippen molar-refractivity contribution in [3.8, 4) is 0 Å². The van der Waals surface area contributed by atoms with Crippen molar-refractivity contribution in [3.63, 3.8) is 0 Å². The zero-order valence-electron chi connectivity index (χ0n) is 15.8. The lowest BCUT2D eigenvalue weighted by molar-refractivity contribution is 0.0759. The first kappa shape index (κ1) is 18.4. The van der Waals surface area contributed by atoms with Crippen LogP contribution < -0.4 is 5.56 Å². The van der Waals surface area contributed by atoms with E-state index < -0.39 is 0 Å². The van der Waals surface area contributed by atoms with E-state index in [0.717, 1.165) is 44.0 Å². The minimum Gasteiger partial charge on any atom is -0.337 e. The maximum Gasteiger partial charge on any atom is 0.263 e. The van der Waals surface area contributed by atoms with Crippen molar-refractivity contribution in [1.29, 1.82) is 0 Å². The third kappa shape index (κ3) is 4.04. The zero-order valence-corrected chi connectivity index (χ0v) is 15.8. The van der Waals surface area contributed by atoms with E-state index in [0.29, 0.717) is 13.1 Å². The van der Waals surface area contributed by atoms with Gasteiger partial charge in [0.25, 0.3) is 11.5 Å². The first-order valence-corrected chi connectivity index (χ1v) is 9.14. The molecule has 3 rings (SSSR count). The molecule has 1 amide bonds. The highest BCUT2D eigenvalue weighted by atomic mass is 16.2. The van der Waals surface area contributed by atoms with Gasteiger partial charge in [-0.1, -0.05) is 0 Å². The summed E-state index contributed by atoms with van der Waals surface area (Å²) in [5.74, 6) is -0.157. The molecule has 2 aromatic rings. The van der Waals surface area contributed by atoms with Crippen molar-refractivity contribution >= 4 is 5.91 Å². The van der Waals surface area contributed by atoms with Crippen LogP contribution in [0.5, 0.6) is 0 Å². The van der Waals surface area contributed by atoms with Crippen LogP contribution in [0.15, 0.2) is 29.2 Å². The van der Waals surface area contributed by atoms with Gasteiger partial charge < -0.3 is 9.47 Å². The van der Waals surface area contributed by atoms with Gasteiger partial charge in [-0.3, -0.25) is 19.2 Å². The molecule has 2 aromatic heterocycles. The van der Waals surface area contributed by atoms with Crippen molar-refractivity contribution in [3.05, 3.63) is 51.7 Å². The van der Waals surface area contributed by atoms with Crippen LogP contribution in [-0.4, -0.2) is 62.8 Å². The molecule has 26 heavy (non-hydrogen) atoms. The second-order valence-electron chi connectivity index (χ2n) is 6.96. The molecule has 140 valence electrons. The Hall–Kier alpha value is -2.41. The van der Waals surface area contributed by atoms with Gasteiger partial charge in [0.15, 0.2) is 0 Å². The Morgan fingerprint density at radius 1 is 1.08 bits per heavy atom. The normalized spacial score (nSPS) is 15.9. The Morgan fingerprint density at radius 2 is 1.88 bits per heavy atom. The summed E-state index contributed by atoms with van der Waals surface area (Å²) >= 11 is 0. The van der Waals surface area contributed by atoms with Crippen molar-refractivity contribution in [2.45, 2.75) is 26.8 Å². The average molecular weight is 357 g/mol. The summed E-state index contributed by atoms with van der Waals surface area (Å²) in [6, 6.07) is 5.48. The number of aryl methyl sites for hydroxylation is 2. The summed E-state index contributed by atoms with van der Waals surface area (Å²) in [5, 5.41) is 4.41.